The van der Waals surface area contributed by atoms with Gasteiger partial charge < -0.3 is 4.90 Å². The molecule has 4 rings (SSSR count). The number of aromatic nitrogens is 3. The highest BCUT2D eigenvalue weighted by Crippen LogP contribution is 2.28. The third-order valence-corrected chi connectivity index (χ3v) is 5.74. The average molecular weight is 356 g/mol. The quantitative estimate of drug-likeness (QED) is 0.841. The second-order valence-electron chi connectivity index (χ2n) is 7.62. The van der Waals surface area contributed by atoms with Crippen LogP contribution in [0.5, 0.6) is 0 Å². The molecule has 1 aromatic carbocycles. The van der Waals surface area contributed by atoms with E-state index in [0.29, 0.717) is 24.7 Å². The van der Waals surface area contributed by atoms with Crippen molar-refractivity contribution in [3.05, 3.63) is 47.5 Å². The number of halogens is 1. The fourth-order valence-corrected chi connectivity index (χ4v) is 4.23. The second-order valence-corrected chi connectivity index (χ2v) is 7.62. The van der Waals surface area contributed by atoms with Crippen LogP contribution < -0.4 is 0 Å². The lowest BCUT2D eigenvalue weighted by Gasteiger charge is -2.20. The molecule has 1 unspecified atom stereocenters. The number of rotatable bonds is 4. The Balaban J connectivity index is 1.36. The summed E-state index contributed by atoms with van der Waals surface area (Å²) in [5.74, 6) is 0.638. The smallest absolute Gasteiger partial charge is 0.276 e. The van der Waals surface area contributed by atoms with Crippen molar-refractivity contribution in [2.45, 2.75) is 51.0 Å². The minimum atomic E-state index is -0.228. The van der Waals surface area contributed by atoms with Crippen molar-refractivity contribution in [2.75, 3.05) is 13.1 Å². The Labute approximate surface area is 153 Å². The summed E-state index contributed by atoms with van der Waals surface area (Å²) in [6.07, 6.45) is 9.11. The van der Waals surface area contributed by atoms with Crippen LogP contribution in [0.25, 0.3) is 0 Å². The third kappa shape index (κ3) is 3.79. The van der Waals surface area contributed by atoms with Gasteiger partial charge in [0, 0.05) is 25.6 Å². The number of likely N-dealkylation sites (tertiary alicyclic amines) is 1. The predicted molar refractivity (Wildman–Crippen MR) is 96.3 cm³/mol. The fraction of sp³-hybridized carbons (Fsp3) is 0.550. The molecule has 0 bridgehead atoms. The molecule has 0 spiro atoms. The molecule has 2 heterocycles. The Bertz CT molecular complexity index is 751. The number of benzene rings is 1. The lowest BCUT2D eigenvalue weighted by Crippen LogP contribution is -2.28. The number of hydrogen-bond acceptors (Lipinski definition) is 3. The molecule has 1 aliphatic carbocycles. The van der Waals surface area contributed by atoms with Crippen LogP contribution in [0.2, 0.25) is 0 Å². The molecule has 1 aliphatic heterocycles. The van der Waals surface area contributed by atoms with Crippen LogP contribution in [0, 0.1) is 11.7 Å². The van der Waals surface area contributed by atoms with Crippen molar-refractivity contribution < 1.29 is 9.18 Å². The summed E-state index contributed by atoms with van der Waals surface area (Å²) >= 11 is 0. The van der Waals surface area contributed by atoms with E-state index in [9.17, 15) is 9.18 Å². The van der Waals surface area contributed by atoms with Gasteiger partial charge in [0.1, 0.15) is 5.82 Å². The zero-order valence-corrected chi connectivity index (χ0v) is 15.0. The Morgan fingerprint density at radius 2 is 1.88 bits per heavy atom. The van der Waals surface area contributed by atoms with E-state index in [1.807, 2.05) is 21.7 Å². The Kier molecular flexibility index (Phi) is 5.00. The van der Waals surface area contributed by atoms with Gasteiger partial charge in [0.05, 0.1) is 6.20 Å². The minimum Gasteiger partial charge on any atom is -0.337 e. The van der Waals surface area contributed by atoms with E-state index >= 15 is 0 Å². The first-order chi connectivity index (χ1) is 12.7. The summed E-state index contributed by atoms with van der Waals surface area (Å²) in [6, 6.07) is 6.59. The van der Waals surface area contributed by atoms with Gasteiger partial charge >= 0.3 is 0 Å². The normalized spacial score (nSPS) is 21.3. The highest BCUT2D eigenvalue weighted by atomic mass is 19.1. The van der Waals surface area contributed by atoms with E-state index in [4.69, 9.17) is 0 Å². The average Bonchev–Trinajstić information content (AvgIpc) is 3.33. The molecule has 0 radical (unpaired) electrons. The van der Waals surface area contributed by atoms with Crippen LogP contribution in [0.15, 0.2) is 30.5 Å². The summed E-state index contributed by atoms with van der Waals surface area (Å²) in [5, 5.41) is 8.27. The van der Waals surface area contributed by atoms with Gasteiger partial charge in [-0.25, -0.2) is 4.39 Å². The highest BCUT2D eigenvalue weighted by Gasteiger charge is 2.29. The van der Waals surface area contributed by atoms with Crippen molar-refractivity contribution in [1.29, 1.82) is 0 Å². The maximum absolute atomic E-state index is 13.1. The van der Waals surface area contributed by atoms with Crippen molar-refractivity contribution in [3.63, 3.8) is 0 Å². The summed E-state index contributed by atoms with van der Waals surface area (Å²) in [7, 11) is 0. The lowest BCUT2D eigenvalue weighted by molar-refractivity contribution is 0.0785. The van der Waals surface area contributed by atoms with Gasteiger partial charge in [0.15, 0.2) is 5.69 Å². The first-order valence-corrected chi connectivity index (χ1v) is 9.64. The number of amides is 1. The van der Waals surface area contributed by atoms with E-state index in [1.54, 1.807) is 6.20 Å². The molecule has 1 aromatic heterocycles. The molecular weight excluding hydrogens is 331 g/mol. The van der Waals surface area contributed by atoms with E-state index in [0.717, 1.165) is 18.5 Å². The molecule has 2 fully saturated rings. The summed E-state index contributed by atoms with van der Waals surface area (Å²) in [5.41, 5.74) is 1.52. The van der Waals surface area contributed by atoms with E-state index in [2.05, 4.69) is 10.3 Å². The van der Waals surface area contributed by atoms with Crippen molar-refractivity contribution in [2.24, 2.45) is 5.92 Å². The summed E-state index contributed by atoms with van der Waals surface area (Å²) in [6.45, 7) is 2.22. The van der Waals surface area contributed by atoms with Crippen molar-refractivity contribution in [3.8, 4) is 0 Å². The fourth-order valence-electron chi connectivity index (χ4n) is 4.23. The Hall–Kier alpha value is -2.24. The van der Waals surface area contributed by atoms with Crippen molar-refractivity contribution >= 4 is 5.91 Å². The second kappa shape index (κ2) is 7.56. The number of carbonyl (C=O) groups excluding carboxylic acids is 1. The van der Waals surface area contributed by atoms with E-state index in [1.165, 1.54) is 44.2 Å². The third-order valence-electron chi connectivity index (χ3n) is 5.74. The topological polar surface area (TPSA) is 51.0 Å². The van der Waals surface area contributed by atoms with Gasteiger partial charge in [-0.15, -0.1) is 5.10 Å². The first kappa shape index (κ1) is 17.2. The largest absolute Gasteiger partial charge is 0.337 e. The molecule has 0 N–H and O–H groups in total. The number of carbonyl (C=O) groups is 1. The maximum Gasteiger partial charge on any atom is 0.276 e. The van der Waals surface area contributed by atoms with Gasteiger partial charge in [-0.05, 0) is 42.9 Å². The van der Waals surface area contributed by atoms with Gasteiger partial charge in [0.25, 0.3) is 5.91 Å². The molecule has 1 saturated carbocycles. The predicted octanol–water partition coefficient (Wildman–Crippen LogP) is 3.63. The van der Waals surface area contributed by atoms with Crippen LogP contribution in [0.1, 0.15) is 60.5 Å². The molecule has 1 amide bonds. The van der Waals surface area contributed by atoms with Crippen LogP contribution in [0.4, 0.5) is 4.39 Å². The molecular formula is C20H25FN4O. The lowest BCUT2D eigenvalue weighted by atomic mass is 9.89. The van der Waals surface area contributed by atoms with Gasteiger partial charge in [-0.1, -0.05) is 36.6 Å². The van der Waals surface area contributed by atoms with Gasteiger partial charge in [0.2, 0.25) is 0 Å². The van der Waals surface area contributed by atoms with Crippen LogP contribution in [-0.2, 0) is 6.54 Å². The Morgan fingerprint density at radius 3 is 2.65 bits per heavy atom. The van der Waals surface area contributed by atoms with E-state index < -0.39 is 0 Å². The molecule has 2 aromatic rings. The van der Waals surface area contributed by atoms with Crippen molar-refractivity contribution in [1.82, 2.24) is 19.9 Å². The van der Waals surface area contributed by atoms with Crippen LogP contribution in [-0.4, -0.2) is 38.9 Å². The molecule has 1 atom stereocenters. The zero-order chi connectivity index (χ0) is 17.9. The summed E-state index contributed by atoms with van der Waals surface area (Å²) in [4.78, 5) is 14.6. The van der Waals surface area contributed by atoms with Gasteiger partial charge in [-0.2, -0.15) is 0 Å². The standard InChI is InChI=1S/C20H25FN4O/c21-18-8-6-16(7-9-18)17-10-11-24(13-17)20(26)19-14-25(23-22-19)12-15-4-2-1-3-5-15/h6-9,14-15,17H,1-5,10-13H2. The molecule has 6 heteroatoms. The summed E-state index contributed by atoms with van der Waals surface area (Å²) < 4.78 is 14.9. The van der Waals surface area contributed by atoms with Crippen LogP contribution in [0.3, 0.4) is 0 Å². The van der Waals surface area contributed by atoms with Crippen LogP contribution >= 0.6 is 0 Å². The first-order valence-electron chi connectivity index (χ1n) is 9.64. The molecule has 1 saturated heterocycles. The zero-order valence-electron chi connectivity index (χ0n) is 15.0. The SMILES string of the molecule is O=C(c1cn(CC2CCCCC2)nn1)N1CCC(c2ccc(F)cc2)C1. The molecule has 5 nitrogen and oxygen atoms in total. The van der Waals surface area contributed by atoms with Gasteiger partial charge in [-0.3, -0.25) is 9.48 Å². The minimum absolute atomic E-state index is 0.0514. The molecule has 26 heavy (non-hydrogen) atoms. The molecule has 138 valence electrons. The molecule has 2 aliphatic rings. The Morgan fingerprint density at radius 1 is 1.12 bits per heavy atom. The number of hydrogen-bond donors (Lipinski definition) is 0. The monoisotopic (exact) mass is 356 g/mol. The highest BCUT2D eigenvalue weighted by molar-refractivity contribution is 5.92. The number of nitrogens with zero attached hydrogens (tertiary/aromatic N) is 4. The maximum atomic E-state index is 13.1. The van der Waals surface area contributed by atoms with E-state index in [-0.39, 0.29) is 17.6 Å².